The number of carbonyl (C=O) groups is 1. The first-order valence-corrected chi connectivity index (χ1v) is 6.80. The fourth-order valence-corrected chi connectivity index (χ4v) is 1.52. The molecule has 0 fully saturated rings. The third-order valence-corrected chi connectivity index (χ3v) is 3.39. The van der Waals surface area contributed by atoms with Gasteiger partial charge in [-0.25, -0.2) is 9.78 Å². The Bertz CT molecular complexity index is 470. The molecule has 20 heavy (non-hydrogen) atoms. The summed E-state index contributed by atoms with van der Waals surface area (Å²) in [6.45, 7) is 6.59. The van der Waals surface area contributed by atoms with Crippen molar-refractivity contribution in [2.75, 3.05) is 20.7 Å². The van der Waals surface area contributed by atoms with E-state index in [1.165, 1.54) is 6.07 Å². The molecule has 1 heterocycles. The molecule has 0 amide bonds. The predicted octanol–water partition coefficient (Wildman–Crippen LogP) is 2.45. The van der Waals surface area contributed by atoms with Crippen molar-refractivity contribution < 1.29 is 14.6 Å². The lowest BCUT2D eigenvalue weighted by atomic mass is 10.1. The van der Waals surface area contributed by atoms with Gasteiger partial charge in [0.1, 0.15) is 6.61 Å². The highest BCUT2D eigenvalue weighted by molar-refractivity contribution is 5.88. The molecule has 0 aliphatic carbocycles. The van der Waals surface area contributed by atoms with E-state index in [0.717, 1.165) is 18.5 Å². The number of aryl methyl sites for hydroxylation is 1. The van der Waals surface area contributed by atoms with E-state index in [-0.39, 0.29) is 11.1 Å². The Labute approximate surface area is 120 Å². The molecule has 0 spiro atoms. The third kappa shape index (κ3) is 4.49. The number of ether oxygens (including phenoxy) is 1. The number of pyridine rings is 1. The van der Waals surface area contributed by atoms with Crippen LogP contribution in [0.1, 0.15) is 43.2 Å². The Morgan fingerprint density at radius 3 is 2.55 bits per heavy atom. The van der Waals surface area contributed by atoms with Crippen LogP contribution in [0.3, 0.4) is 0 Å². The second-order valence-corrected chi connectivity index (χ2v) is 5.74. The molecular weight excluding hydrogens is 256 g/mol. The van der Waals surface area contributed by atoms with Crippen molar-refractivity contribution in [2.45, 2.75) is 39.2 Å². The standard InChI is InChI=1S/C15H24N2O3/c1-6-7-12-8-11(14(18)19)9-13(16-12)20-10-15(2,3)17(4)5/h8-9H,6-7,10H2,1-5H3,(H,18,19). The van der Waals surface area contributed by atoms with E-state index in [1.54, 1.807) is 6.07 Å². The average molecular weight is 280 g/mol. The second-order valence-electron chi connectivity index (χ2n) is 5.74. The molecule has 1 rings (SSSR count). The van der Waals surface area contributed by atoms with Crippen LogP contribution in [0.4, 0.5) is 0 Å². The zero-order valence-electron chi connectivity index (χ0n) is 12.9. The Kier molecular flexibility index (Phi) is 5.51. The number of nitrogens with zero attached hydrogens (tertiary/aromatic N) is 2. The topological polar surface area (TPSA) is 62.7 Å². The highest BCUT2D eigenvalue weighted by Crippen LogP contribution is 2.17. The fourth-order valence-electron chi connectivity index (χ4n) is 1.52. The summed E-state index contributed by atoms with van der Waals surface area (Å²) in [6, 6.07) is 3.09. The zero-order valence-corrected chi connectivity index (χ0v) is 12.9. The molecule has 0 radical (unpaired) electrons. The molecule has 5 nitrogen and oxygen atoms in total. The maximum absolute atomic E-state index is 11.1. The van der Waals surface area contributed by atoms with Crippen LogP contribution in [-0.4, -0.2) is 47.2 Å². The molecular formula is C15H24N2O3. The van der Waals surface area contributed by atoms with Gasteiger partial charge in [0.15, 0.2) is 0 Å². The number of carboxylic acids is 1. The monoisotopic (exact) mass is 280 g/mol. The summed E-state index contributed by atoms with van der Waals surface area (Å²) in [5.41, 5.74) is 0.831. The number of hydrogen-bond acceptors (Lipinski definition) is 4. The van der Waals surface area contributed by atoms with Crippen molar-refractivity contribution in [3.8, 4) is 5.88 Å². The van der Waals surface area contributed by atoms with Crippen LogP contribution < -0.4 is 4.74 Å². The van der Waals surface area contributed by atoms with Gasteiger partial charge in [0.2, 0.25) is 5.88 Å². The summed E-state index contributed by atoms with van der Waals surface area (Å²) < 4.78 is 5.69. The summed E-state index contributed by atoms with van der Waals surface area (Å²) in [6.07, 6.45) is 1.66. The largest absolute Gasteiger partial charge is 0.478 e. The highest BCUT2D eigenvalue weighted by Gasteiger charge is 2.22. The van der Waals surface area contributed by atoms with Crippen molar-refractivity contribution in [1.29, 1.82) is 0 Å². The smallest absolute Gasteiger partial charge is 0.335 e. The highest BCUT2D eigenvalue weighted by atomic mass is 16.5. The van der Waals surface area contributed by atoms with E-state index in [9.17, 15) is 4.79 Å². The third-order valence-electron chi connectivity index (χ3n) is 3.39. The number of likely N-dealkylation sites (N-methyl/N-ethyl adjacent to an activating group) is 1. The Hall–Kier alpha value is -1.62. The van der Waals surface area contributed by atoms with E-state index >= 15 is 0 Å². The molecule has 0 aliphatic heterocycles. The lowest BCUT2D eigenvalue weighted by Crippen LogP contribution is -2.43. The molecule has 0 atom stereocenters. The summed E-state index contributed by atoms with van der Waals surface area (Å²) in [5, 5.41) is 9.13. The van der Waals surface area contributed by atoms with E-state index < -0.39 is 5.97 Å². The van der Waals surface area contributed by atoms with E-state index in [4.69, 9.17) is 9.84 Å². The predicted molar refractivity (Wildman–Crippen MR) is 78.5 cm³/mol. The molecule has 1 aromatic rings. The Balaban J connectivity index is 2.91. The van der Waals surface area contributed by atoms with E-state index in [1.807, 2.05) is 21.0 Å². The Morgan fingerprint density at radius 2 is 2.05 bits per heavy atom. The van der Waals surface area contributed by atoms with Crippen LogP contribution in [0.5, 0.6) is 5.88 Å². The maximum atomic E-state index is 11.1. The van der Waals surface area contributed by atoms with Gasteiger partial charge in [-0.05, 0) is 40.4 Å². The molecule has 0 aromatic carbocycles. The van der Waals surface area contributed by atoms with Crippen LogP contribution in [-0.2, 0) is 6.42 Å². The number of carboxylic acid groups (broad SMARTS) is 1. The van der Waals surface area contributed by atoms with Gasteiger partial charge in [0.05, 0.1) is 5.56 Å². The van der Waals surface area contributed by atoms with Crippen LogP contribution in [0.15, 0.2) is 12.1 Å². The molecule has 1 N–H and O–H groups in total. The average Bonchev–Trinajstić information content (AvgIpc) is 2.36. The summed E-state index contributed by atoms with van der Waals surface area (Å²) in [5.74, 6) is -0.579. The van der Waals surface area contributed by atoms with E-state index in [2.05, 4.69) is 23.7 Å². The molecule has 0 unspecified atom stereocenters. The molecule has 0 aliphatic rings. The van der Waals surface area contributed by atoms with Crippen molar-refractivity contribution in [3.63, 3.8) is 0 Å². The maximum Gasteiger partial charge on any atom is 0.335 e. The van der Waals surface area contributed by atoms with Crippen molar-refractivity contribution in [3.05, 3.63) is 23.4 Å². The zero-order chi connectivity index (χ0) is 15.3. The van der Waals surface area contributed by atoms with Crippen molar-refractivity contribution in [2.24, 2.45) is 0 Å². The summed E-state index contributed by atoms with van der Waals surface area (Å²) in [7, 11) is 3.96. The van der Waals surface area contributed by atoms with Crippen LogP contribution >= 0.6 is 0 Å². The fraction of sp³-hybridized carbons (Fsp3) is 0.600. The normalized spacial score (nSPS) is 11.7. The first-order chi connectivity index (χ1) is 9.26. The minimum atomic E-state index is -0.957. The van der Waals surface area contributed by atoms with Gasteiger partial charge in [-0.1, -0.05) is 13.3 Å². The molecule has 5 heteroatoms. The first kappa shape index (κ1) is 16.4. The van der Waals surface area contributed by atoms with Gasteiger partial charge in [0, 0.05) is 17.3 Å². The van der Waals surface area contributed by atoms with Crippen LogP contribution in [0.25, 0.3) is 0 Å². The molecule has 0 bridgehead atoms. The number of rotatable bonds is 7. The number of hydrogen-bond donors (Lipinski definition) is 1. The minimum Gasteiger partial charge on any atom is -0.478 e. The minimum absolute atomic E-state index is 0.147. The molecule has 112 valence electrons. The Morgan fingerprint density at radius 1 is 1.40 bits per heavy atom. The number of aromatic carboxylic acids is 1. The van der Waals surface area contributed by atoms with Gasteiger partial charge >= 0.3 is 5.97 Å². The van der Waals surface area contributed by atoms with Gasteiger partial charge in [-0.2, -0.15) is 0 Å². The lowest BCUT2D eigenvalue weighted by molar-refractivity contribution is 0.0695. The summed E-state index contributed by atoms with van der Waals surface area (Å²) >= 11 is 0. The van der Waals surface area contributed by atoms with Crippen molar-refractivity contribution >= 4 is 5.97 Å². The SMILES string of the molecule is CCCc1cc(C(=O)O)cc(OCC(C)(C)N(C)C)n1. The molecule has 1 aromatic heterocycles. The number of aromatic nitrogens is 1. The van der Waals surface area contributed by atoms with Crippen LogP contribution in [0.2, 0.25) is 0 Å². The van der Waals surface area contributed by atoms with Crippen molar-refractivity contribution in [1.82, 2.24) is 9.88 Å². The van der Waals surface area contributed by atoms with Gasteiger partial charge in [0.25, 0.3) is 0 Å². The van der Waals surface area contributed by atoms with Gasteiger partial charge in [-0.3, -0.25) is 0 Å². The van der Waals surface area contributed by atoms with Crippen LogP contribution in [0, 0.1) is 0 Å². The summed E-state index contributed by atoms with van der Waals surface area (Å²) in [4.78, 5) is 17.5. The lowest BCUT2D eigenvalue weighted by Gasteiger charge is -2.31. The molecule has 0 saturated heterocycles. The second kappa shape index (κ2) is 6.70. The van der Waals surface area contributed by atoms with Gasteiger partial charge < -0.3 is 14.7 Å². The van der Waals surface area contributed by atoms with Gasteiger partial charge in [-0.15, -0.1) is 0 Å². The van der Waals surface area contributed by atoms with E-state index in [0.29, 0.717) is 12.5 Å². The first-order valence-electron chi connectivity index (χ1n) is 6.80. The quantitative estimate of drug-likeness (QED) is 0.831. The molecule has 0 saturated carbocycles.